The fourth-order valence-corrected chi connectivity index (χ4v) is 5.79. The van der Waals surface area contributed by atoms with E-state index < -0.39 is 0 Å². The molecule has 3 amide bonds. The molecule has 35 heavy (non-hydrogen) atoms. The lowest BCUT2D eigenvalue weighted by atomic mass is 10.1. The lowest BCUT2D eigenvalue weighted by Crippen LogP contribution is -2.45. The van der Waals surface area contributed by atoms with Crippen LogP contribution in [-0.4, -0.2) is 41.0 Å². The van der Waals surface area contributed by atoms with E-state index in [1.54, 1.807) is 11.1 Å². The summed E-state index contributed by atoms with van der Waals surface area (Å²) in [5.74, 6) is -0.178. The summed E-state index contributed by atoms with van der Waals surface area (Å²) < 4.78 is 0. The maximum absolute atomic E-state index is 13.5. The van der Waals surface area contributed by atoms with Crippen LogP contribution in [0.25, 0.3) is 21.5 Å². The summed E-state index contributed by atoms with van der Waals surface area (Å²) >= 11 is 1.30. The van der Waals surface area contributed by atoms with E-state index in [0.29, 0.717) is 26.8 Å². The molecule has 5 heterocycles. The van der Waals surface area contributed by atoms with Crippen LogP contribution in [0.1, 0.15) is 28.2 Å². The van der Waals surface area contributed by atoms with Gasteiger partial charge in [0.1, 0.15) is 9.71 Å². The van der Waals surface area contributed by atoms with Crippen molar-refractivity contribution >= 4 is 50.6 Å². The van der Waals surface area contributed by atoms with E-state index in [2.05, 4.69) is 25.9 Å². The van der Waals surface area contributed by atoms with Gasteiger partial charge in [0.25, 0.3) is 5.91 Å². The number of anilines is 3. The van der Waals surface area contributed by atoms with E-state index in [1.165, 1.54) is 11.3 Å². The number of benzene rings is 1. The number of nitrogens with one attached hydrogen (secondary N) is 3. The lowest BCUT2D eigenvalue weighted by Gasteiger charge is -2.29. The number of urea groups is 1. The number of thiophene rings is 1. The number of rotatable bonds is 4. The summed E-state index contributed by atoms with van der Waals surface area (Å²) in [7, 11) is 0. The molecule has 8 nitrogen and oxygen atoms in total. The van der Waals surface area contributed by atoms with Crippen LogP contribution in [0, 0.1) is 6.92 Å². The van der Waals surface area contributed by atoms with Gasteiger partial charge in [-0.25, -0.2) is 9.78 Å². The van der Waals surface area contributed by atoms with Gasteiger partial charge in [-0.05, 0) is 44.5 Å². The molecule has 0 unspecified atom stereocenters. The Bertz CT molecular complexity index is 1450. The molecule has 0 spiro atoms. The standard InChI is InChI=1S/C26H24N6O2S/c1-15-12-18(13-19(29-15)16-6-3-2-4-7-16)32-20-9-11-28-25-21(20)22(31-26(32)34)23(35-25)24(33)30-17-8-5-10-27-14-17/h2-4,6-7,9,11-13,17,27H,5,8,10,14H2,1H3,(H,30,33)(H,31,34)/t17-/m1/s1. The van der Waals surface area contributed by atoms with E-state index in [9.17, 15) is 9.59 Å². The Balaban J connectivity index is 1.42. The molecule has 1 fully saturated rings. The van der Waals surface area contributed by atoms with E-state index in [4.69, 9.17) is 0 Å². The molecule has 0 bridgehead atoms. The number of piperidine rings is 1. The van der Waals surface area contributed by atoms with Crippen LogP contribution < -0.4 is 20.9 Å². The van der Waals surface area contributed by atoms with Gasteiger partial charge in [-0.1, -0.05) is 30.3 Å². The maximum atomic E-state index is 13.5. The SMILES string of the molecule is Cc1cc(N2C(=O)Nc3c(C(=O)N[C@@H]4CCCNC4)sc4nccc2c34)cc(-c2ccccc2)n1. The first-order chi connectivity index (χ1) is 17.1. The number of hydrogen-bond donors (Lipinski definition) is 3. The van der Waals surface area contributed by atoms with Gasteiger partial charge in [0.05, 0.1) is 28.1 Å². The number of pyridine rings is 2. The third kappa shape index (κ3) is 3.92. The van der Waals surface area contributed by atoms with Gasteiger partial charge in [-0.2, -0.15) is 0 Å². The van der Waals surface area contributed by atoms with Gasteiger partial charge in [-0.15, -0.1) is 11.3 Å². The Morgan fingerprint density at radius 3 is 2.86 bits per heavy atom. The summed E-state index contributed by atoms with van der Waals surface area (Å²) in [6.45, 7) is 3.64. The molecule has 4 aromatic rings. The highest BCUT2D eigenvalue weighted by Crippen LogP contribution is 2.46. The number of aryl methyl sites for hydroxylation is 1. The normalized spacial score (nSPS) is 17.3. The molecular weight excluding hydrogens is 460 g/mol. The molecule has 6 rings (SSSR count). The third-order valence-electron chi connectivity index (χ3n) is 6.35. The predicted octanol–water partition coefficient (Wildman–Crippen LogP) is 4.83. The number of aromatic nitrogens is 2. The molecule has 1 saturated heterocycles. The van der Waals surface area contributed by atoms with Gasteiger partial charge < -0.3 is 16.0 Å². The van der Waals surface area contributed by atoms with Crippen molar-refractivity contribution in [2.24, 2.45) is 0 Å². The second-order valence-corrected chi connectivity index (χ2v) is 9.82. The average molecular weight is 485 g/mol. The molecule has 0 radical (unpaired) electrons. The monoisotopic (exact) mass is 484 g/mol. The molecule has 3 aromatic heterocycles. The van der Waals surface area contributed by atoms with Crippen molar-refractivity contribution in [3.63, 3.8) is 0 Å². The molecule has 9 heteroatoms. The average Bonchev–Trinajstić information content (AvgIpc) is 3.24. The minimum Gasteiger partial charge on any atom is -0.347 e. The first-order valence-corrected chi connectivity index (χ1v) is 12.5. The first-order valence-electron chi connectivity index (χ1n) is 11.7. The zero-order valence-electron chi connectivity index (χ0n) is 19.2. The second-order valence-electron chi connectivity index (χ2n) is 8.82. The van der Waals surface area contributed by atoms with E-state index in [0.717, 1.165) is 48.3 Å². The highest BCUT2D eigenvalue weighted by atomic mass is 32.1. The number of carbonyl (C=O) groups is 2. The summed E-state index contributed by atoms with van der Waals surface area (Å²) in [4.78, 5) is 38.6. The molecule has 2 aliphatic rings. The Hall–Kier alpha value is -3.82. The largest absolute Gasteiger partial charge is 0.347 e. The molecule has 3 N–H and O–H groups in total. The minimum absolute atomic E-state index is 0.0769. The van der Waals surface area contributed by atoms with Crippen LogP contribution in [-0.2, 0) is 0 Å². The smallest absolute Gasteiger partial charge is 0.331 e. The fraction of sp³-hybridized carbons (Fsp3) is 0.231. The maximum Gasteiger partial charge on any atom is 0.331 e. The van der Waals surface area contributed by atoms with Gasteiger partial charge >= 0.3 is 6.03 Å². The van der Waals surface area contributed by atoms with Crippen molar-refractivity contribution < 1.29 is 9.59 Å². The van der Waals surface area contributed by atoms with Crippen LogP contribution in [0.15, 0.2) is 54.7 Å². The molecule has 1 atom stereocenters. The summed E-state index contributed by atoms with van der Waals surface area (Å²) in [5.41, 5.74) is 4.50. The minimum atomic E-state index is -0.318. The molecular formula is C26H24N6O2S. The Morgan fingerprint density at radius 2 is 2.06 bits per heavy atom. The van der Waals surface area contributed by atoms with Crippen molar-refractivity contribution in [3.05, 3.63) is 65.3 Å². The fourth-order valence-electron chi connectivity index (χ4n) is 4.76. The summed E-state index contributed by atoms with van der Waals surface area (Å²) in [5, 5.41) is 10.2. The molecule has 0 saturated carbocycles. The number of nitrogens with zero attached hydrogens (tertiary/aromatic N) is 3. The molecule has 0 aliphatic carbocycles. The van der Waals surface area contributed by atoms with Crippen molar-refractivity contribution in [1.29, 1.82) is 0 Å². The zero-order chi connectivity index (χ0) is 23.9. The van der Waals surface area contributed by atoms with E-state index in [-0.39, 0.29) is 18.0 Å². The quantitative estimate of drug-likeness (QED) is 0.385. The predicted molar refractivity (Wildman–Crippen MR) is 139 cm³/mol. The highest BCUT2D eigenvalue weighted by molar-refractivity contribution is 7.21. The van der Waals surface area contributed by atoms with Crippen molar-refractivity contribution in [2.75, 3.05) is 23.3 Å². The van der Waals surface area contributed by atoms with Gasteiger partial charge in [-0.3, -0.25) is 14.7 Å². The van der Waals surface area contributed by atoms with Crippen molar-refractivity contribution in [1.82, 2.24) is 20.6 Å². The van der Waals surface area contributed by atoms with Crippen LogP contribution in [0.5, 0.6) is 0 Å². The topological polar surface area (TPSA) is 99.2 Å². The van der Waals surface area contributed by atoms with Crippen LogP contribution >= 0.6 is 11.3 Å². The van der Waals surface area contributed by atoms with E-state index in [1.807, 2.05) is 55.5 Å². The highest BCUT2D eigenvalue weighted by Gasteiger charge is 2.33. The van der Waals surface area contributed by atoms with Crippen molar-refractivity contribution in [3.8, 4) is 11.3 Å². The Kier molecular flexibility index (Phi) is 5.43. The first kappa shape index (κ1) is 21.7. The molecule has 176 valence electrons. The van der Waals surface area contributed by atoms with Crippen molar-refractivity contribution in [2.45, 2.75) is 25.8 Å². The van der Waals surface area contributed by atoms with Gasteiger partial charge in [0, 0.05) is 30.0 Å². The van der Waals surface area contributed by atoms with Crippen LogP contribution in [0.4, 0.5) is 21.9 Å². The van der Waals surface area contributed by atoms with Gasteiger partial charge in [0.15, 0.2) is 0 Å². The molecule has 1 aromatic carbocycles. The van der Waals surface area contributed by atoms with Gasteiger partial charge in [0.2, 0.25) is 0 Å². The third-order valence-corrected chi connectivity index (χ3v) is 7.45. The Labute approximate surface area is 206 Å². The second kappa shape index (κ2) is 8.75. The zero-order valence-corrected chi connectivity index (χ0v) is 20.0. The number of amides is 3. The summed E-state index contributed by atoms with van der Waals surface area (Å²) in [6, 6.07) is 15.3. The lowest BCUT2D eigenvalue weighted by molar-refractivity contribution is 0.0935. The van der Waals surface area contributed by atoms with E-state index >= 15 is 0 Å². The number of hydrogen-bond acceptors (Lipinski definition) is 6. The van der Waals surface area contributed by atoms with Crippen LogP contribution in [0.2, 0.25) is 0 Å². The molecule has 2 aliphatic heterocycles. The van der Waals surface area contributed by atoms with Crippen LogP contribution in [0.3, 0.4) is 0 Å². The number of carbonyl (C=O) groups excluding carboxylic acids is 2. The Morgan fingerprint density at radius 1 is 1.20 bits per heavy atom. The summed E-state index contributed by atoms with van der Waals surface area (Å²) in [6.07, 6.45) is 3.65.